The zero-order valence-electron chi connectivity index (χ0n) is 12.1. The monoisotopic (exact) mass is 310 g/mol. The number of rotatable bonds is 2. The first-order valence-corrected chi connectivity index (χ1v) is 8.43. The second-order valence-electron chi connectivity index (χ2n) is 5.64. The van der Waals surface area contributed by atoms with Crippen LogP contribution in [0.15, 0.2) is 32.3 Å². The minimum Gasteiger partial charge on any atom is -0.408 e. The largest absolute Gasteiger partial charge is 0.419 e. The van der Waals surface area contributed by atoms with Crippen molar-refractivity contribution in [1.82, 2.24) is 8.87 Å². The summed E-state index contributed by atoms with van der Waals surface area (Å²) >= 11 is 0. The van der Waals surface area contributed by atoms with E-state index >= 15 is 0 Å². The molecule has 2 aromatic rings. The fourth-order valence-corrected chi connectivity index (χ4v) is 4.13. The van der Waals surface area contributed by atoms with Gasteiger partial charge in [0.15, 0.2) is 5.58 Å². The average Bonchev–Trinajstić information content (AvgIpc) is 2.74. The van der Waals surface area contributed by atoms with E-state index < -0.39 is 15.8 Å². The molecule has 1 aromatic carbocycles. The molecule has 0 N–H and O–H groups in total. The molecular formula is C14H18N2O4S. The molecule has 0 atom stereocenters. The van der Waals surface area contributed by atoms with Crippen LogP contribution in [0.1, 0.15) is 19.8 Å². The summed E-state index contributed by atoms with van der Waals surface area (Å²) in [4.78, 5) is 11.7. The summed E-state index contributed by atoms with van der Waals surface area (Å²) in [6, 6.07) is 4.54. The third-order valence-electron chi connectivity index (χ3n) is 4.14. The van der Waals surface area contributed by atoms with Crippen molar-refractivity contribution in [2.24, 2.45) is 13.0 Å². The van der Waals surface area contributed by atoms with Crippen molar-refractivity contribution in [2.75, 3.05) is 13.1 Å². The Morgan fingerprint density at radius 1 is 1.24 bits per heavy atom. The van der Waals surface area contributed by atoms with Crippen LogP contribution in [0, 0.1) is 5.92 Å². The molecule has 6 nitrogen and oxygen atoms in total. The van der Waals surface area contributed by atoms with Crippen LogP contribution in [0.5, 0.6) is 0 Å². The van der Waals surface area contributed by atoms with E-state index in [1.165, 1.54) is 27.1 Å². The molecule has 1 aliphatic heterocycles. The number of hydrogen-bond acceptors (Lipinski definition) is 4. The number of piperidine rings is 1. The molecule has 1 aliphatic rings. The van der Waals surface area contributed by atoms with Gasteiger partial charge in [0, 0.05) is 20.1 Å². The van der Waals surface area contributed by atoms with Gasteiger partial charge in [-0.2, -0.15) is 4.31 Å². The minimum atomic E-state index is -3.51. The molecule has 2 heterocycles. The molecule has 1 saturated heterocycles. The van der Waals surface area contributed by atoms with Gasteiger partial charge < -0.3 is 4.42 Å². The van der Waals surface area contributed by atoms with E-state index in [0.29, 0.717) is 30.1 Å². The molecule has 0 bridgehead atoms. The van der Waals surface area contributed by atoms with E-state index in [1.807, 2.05) is 0 Å². The average molecular weight is 310 g/mol. The van der Waals surface area contributed by atoms with E-state index in [0.717, 1.165) is 12.8 Å². The van der Waals surface area contributed by atoms with E-state index in [4.69, 9.17) is 4.42 Å². The number of fused-ring (bicyclic) bond motifs is 1. The first kappa shape index (κ1) is 14.3. The first-order valence-electron chi connectivity index (χ1n) is 6.99. The highest BCUT2D eigenvalue weighted by Crippen LogP contribution is 2.25. The van der Waals surface area contributed by atoms with Crippen molar-refractivity contribution < 1.29 is 12.8 Å². The lowest BCUT2D eigenvalue weighted by molar-refractivity contribution is 0.288. The summed E-state index contributed by atoms with van der Waals surface area (Å²) in [6.45, 7) is 3.23. The van der Waals surface area contributed by atoms with Crippen molar-refractivity contribution in [3.05, 3.63) is 28.7 Å². The smallest absolute Gasteiger partial charge is 0.408 e. The first-order chi connectivity index (χ1) is 9.89. The van der Waals surface area contributed by atoms with Crippen LogP contribution in [-0.2, 0) is 17.1 Å². The van der Waals surface area contributed by atoms with Crippen LogP contribution in [-0.4, -0.2) is 30.4 Å². The number of oxazole rings is 1. The van der Waals surface area contributed by atoms with Crippen LogP contribution in [0.3, 0.4) is 0 Å². The molecule has 0 spiro atoms. The lowest BCUT2D eigenvalue weighted by Crippen LogP contribution is -2.37. The van der Waals surface area contributed by atoms with Crippen LogP contribution in [0.2, 0.25) is 0 Å². The Labute approximate surface area is 123 Å². The Hall–Kier alpha value is -1.60. The van der Waals surface area contributed by atoms with Gasteiger partial charge in [-0.1, -0.05) is 6.92 Å². The number of hydrogen-bond donors (Lipinski definition) is 0. The van der Waals surface area contributed by atoms with Crippen LogP contribution in [0.4, 0.5) is 0 Å². The Morgan fingerprint density at radius 3 is 2.57 bits per heavy atom. The predicted molar refractivity (Wildman–Crippen MR) is 78.6 cm³/mol. The molecule has 21 heavy (non-hydrogen) atoms. The SMILES string of the molecule is CC1CCN(S(=O)(=O)c2ccc3oc(=O)n(C)c3c2)CC1. The summed E-state index contributed by atoms with van der Waals surface area (Å²) in [6.07, 6.45) is 1.76. The molecule has 0 radical (unpaired) electrons. The quantitative estimate of drug-likeness (QED) is 0.843. The van der Waals surface area contributed by atoms with Gasteiger partial charge >= 0.3 is 5.76 Å². The topological polar surface area (TPSA) is 72.5 Å². The van der Waals surface area contributed by atoms with Gasteiger partial charge in [-0.05, 0) is 37.0 Å². The van der Waals surface area contributed by atoms with E-state index in [9.17, 15) is 13.2 Å². The zero-order chi connectivity index (χ0) is 15.2. The highest BCUT2D eigenvalue weighted by atomic mass is 32.2. The standard InChI is InChI=1S/C14H18N2O4S/c1-10-5-7-16(8-6-10)21(18,19)11-3-4-13-12(9-11)15(2)14(17)20-13/h3-4,9-10H,5-8H2,1-2H3. The molecule has 3 rings (SSSR count). The Bertz CT molecular complexity index is 826. The molecule has 7 heteroatoms. The fourth-order valence-electron chi connectivity index (χ4n) is 2.64. The predicted octanol–water partition coefficient (Wildman–Crippen LogP) is 1.55. The molecule has 0 unspecified atom stereocenters. The molecule has 0 amide bonds. The summed E-state index contributed by atoms with van der Waals surface area (Å²) < 4.78 is 33.2. The molecule has 1 aromatic heterocycles. The van der Waals surface area contributed by atoms with Crippen molar-refractivity contribution in [1.29, 1.82) is 0 Å². The van der Waals surface area contributed by atoms with Crippen molar-refractivity contribution in [3.63, 3.8) is 0 Å². The lowest BCUT2D eigenvalue weighted by Gasteiger charge is -2.29. The van der Waals surface area contributed by atoms with Gasteiger partial charge in [0.2, 0.25) is 10.0 Å². The second kappa shape index (κ2) is 4.99. The van der Waals surface area contributed by atoms with Crippen LogP contribution < -0.4 is 5.76 Å². The Morgan fingerprint density at radius 2 is 1.90 bits per heavy atom. The second-order valence-corrected chi connectivity index (χ2v) is 7.58. The van der Waals surface area contributed by atoms with Gasteiger partial charge in [-0.25, -0.2) is 13.2 Å². The van der Waals surface area contributed by atoms with E-state index in [1.54, 1.807) is 7.05 Å². The summed E-state index contributed by atoms with van der Waals surface area (Å²) in [5, 5.41) is 0. The maximum absolute atomic E-state index is 12.7. The van der Waals surface area contributed by atoms with Crippen molar-refractivity contribution >= 4 is 21.1 Å². The third kappa shape index (κ3) is 2.40. The maximum Gasteiger partial charge on any atom is 0.419 e. The van der Waals surface area contributed by atoms with Gasteiger partial charge in [-0.3, -0.25) is 4.57 Å². The molecule has 0 saturated carbocycles. The van der Waals surface area contributed by atoms with Gasteiger partial charge in [0.05, 0.1) is 10.4 Å². The maximum atomic E-state index is 12.7. The number of benzene rings is 1. The van der Waals surface area contributed by atoms with E-state index in [-0.39, 0.29) is 4.90 Å². The highest BCUT2D eigenvalue weighted by Gasteiger charge is 2.28. The molecule has 114 valence electrons. The molecular weight excluding hydrogens is 292 g/mol. The van der Waals surface area contributed by atoms with Crippen LogP contribution in [0.25, 0.3) is 11.1 Å². The summed E-state index contributed by atoms with van der Waals surface area (Å²) in [5.74, 6) is 0.0694. The number of aryl methyl sites for hydroxylation is 1. The Balaban J connectivity index is 2.02. The van der Waals surface area contributed by atoms with E-state index in [2.05, 4.69) is 6.92 Å². The van der Waals surface area contributed by atoms with Gasteiger partial charge in [-0.15, -0.1) is 0 Å². The fraction of sp³-hybridized carbons (Fsp3) is 0.500. The summed E-state index contributed by atoms with van der Waals surface area (Å²) in [5.41, 5.74) is 0.889. The minimum absolute atomic E-state index is 0.209. The summed E-state index contributed by atoms with van der Waals surface area (Å²) in [7, 11) is -1.95. The molecule has 0 aliphatic carbocycles. The highest BCUT2D eigenvalue weighted by molar-refractivity contribution is 7.89. The Kier molecular flexibility index (Phi) is 3.41. The normalized spacial score (nSPS) is 18.4. The van der Waals surface area contributed by atoms with Crippen molar-refractivity contribution in [3.8, 4) is 0 Å². The molecule has 1 fully saturated rings. The number of aromatic nitrogens is 1. The van der Waals surface area contributed by atoms with Crippen molar-refractivity contribution in [2.45, 2.75) is 24.7 Å². The van der Waals surface area contributed by atoms with Gasteiger partial charge in [0.1, 0.15) is 0 Å². The zero-order valence-corrected chi connectivity index (χ0v) is 12.9. The van der Waals surface area contributed by atoms with Gasteiger partial charge in [0.25, 0.3) is 0 Å². The number of sulfonamides is 1. The number of nitrogens with zero attached hydrogens (tertiary/aromatic N) is 2. The third-order valence-corrected chi connectivity index (χ3v) is 6.04. The lowest BCUT2D eigenvalue weighted by atomic mass is 10.0. The van der Waals surface area contributed by atoms with Crippen LogP contribution >= 0.6 is 0 Å².